The number of aromatic nitrogens is 3. The molecule has 0 spiro atoms. The van der Waals surface area contributed by atoms with E-state index >= 15 is 0 Å². The van der Waals surface area contributed by atoms with Gasteiger partial charge in [0.25, 0.3) is 0 Å². The Morgan fingerprint density at radius 3 is 1.14 bits per heavy atom. The molecule has 348 valence electrons. The molecule has 0 fully saturated rings. The zero-order valence-corrected chi connectivity index (χ0v) is 39.6. The van der Waals surface area contributed by atoms with Gasteiger partial charge in [-0.2, -0.15) is 0 Å². The second-order valence-corrected chi connectivity index (χ2v) is 19.4. The predicted molar refractivity (Wildman–Crippen MR) is 266 cm³/mol. The summed E-state index contributed by atoms with van der Waals surface area (Å²) in [6, 6.07) is 23.7. The summed E-state index contributed by atoms with van der Waals surface area (Å²) in [6.45, 7) is 0. The van der Waals surface area contributed by atoms with Crippen LogP contribution in [0, 0.1) is 0 Å². The SMILES string of the molecule is COC(=O)c1ccc(C2=C3N=C(C4=C3CCCC4)c3[nH]c(c4c3CCCC4)C(c3ccc(C(=O)OC)cc3)=c3[nH]c(c4c3CCCC4)=C(c3ccc(C(=O)OC)cc3)c3[nH]c2c2c3CCCC2)cc1. The Labute approximate surface area is 401 Å². The van der Waals surface area contributed by atoms with Crippen molar-refractivity contribution in [2.75, 3.05) is 21.3 Å². The molecule has 0 saturated carbocycles. The first-order chi connectivity index (χ1) is 33.8. The van der Waals surface area contributed by atoms with Crippen LogP contribution >= 0.6 is 0 Å². The van der Waals surface area contributed by atoms with Crippen LogP contribution in [0.2, 0.25) is 0 Å². The number of aliphatic imine (C=N–C) groups is 1. The number of esters is 3. The Kier molecular flexibility index (Phi) is 10.9. The van der Waals surface area contributed by atoms with Crippen LogP contribution in [0.15, 0.2) is 94.6 Å². The molecule has 3 N–H and O–H groups in total. The molecule has 1 aliphatic heterocycles. The molecule has 3 aromatic heterocycles. The van der Waals surface area contributed by atoms with Gasteiger partial charge in [-0.25, -0.2) is 19.4 Å². The molecule has 0 atom stereocenters. The van der Waals surface area contributed by atoms with Crippen LogP contribution in [-0.4, -0.2) is 59.9 Å². The Bertz CT molecular complexity index is 3370. The number of hydrogen-bond donors (Lipinski definition) is 3. The highest BCUT2D eigenvalue weighted by Gasteiger charge is 2.37. The van der Waals surface area contributed by atoms with Gasteiger partial charge in [-0.15, -0.1) is 0 Å². The van der Waals surface area contributed by atoms with Crippen molar-refractivity contribution >= 4 is 40.3 Å². The molecule has 8 bridgehead atoms. The van der Waals surface area contributed by atoms with Crippen molar-refractivity contribution in [1.29, 1.82) is 0 Å². The zero-order valence-electron chi connectivity index (χ0n) is 39.6. The van der Waals surface area contributed by atoms with Crippen molar-refractivity contribution in [3.63, 3.8) is 0 Å². The molecule has 4 heterocycles. The molecule has 10 nitrogen and oxygen atoms in total. The third-order valence-corrected chi connectivity index (χ3v) is 15.7. The lowest BCUT2D eigenvalue weighted by Crippen LogP contribution is -2.21. The third-order valence-electron chi connectivity index (χ3n) is 15.7. The van der Waals surface area contributed by atoms with Crippen molar-refractivity contribution in [3.05, 3.63) is 190 Å². The van der Waals surface area contributed by atoms with Gasteiger partial charge in [0.05, 0.1) is 82.9 Å². The van der Waals surface area contributed by atoms with Crippen molar-refractivity contribution in [2.24, 2.45) is 4.99 Å². The van der Waals surface area contributed by atoms with E-state index in [0.717, 1.165) is 181 Å². The van der Waals surface area contributed by atoms with Gasteiger partial charge in [0.2, 0.25) is 0 Å². The van der Waals surface area contributed by atoms with Gasteiger partial charge in [-0.3, -0.25) is 0 Å². The molecule has 6 aliphatic rings. The Morgan fingerprint density at radius 2 is 0.725 bits per heavy atom. The van der Waals surface area contributed by atoms with Gasteiger partial charge < -0.3 is 29.2 Å². The lowest BCUT2D eigenvalue weighted by Gasteiger charge is -2.20. The fourth-order valence-electron chi connectivity index (χ4n) is 12.5. The number of H-pyrrole nitrogens is 3. The number of rotatable bonds is 6. The van der Waals surface area contributed by atoms with E-state index in [0.29, 0.717) is 16.7 Å². The largest absolute Gasteiger partial charge is 0.465 e. The lowest BCUT2D eigenvalue weighted by atomic mass is 9.83. The summed E-state index contributed by atoms with van der Waals surface area (Å²) in [4.78, 5) is 57.2. The van der Waals surface area contributed by atoms with Crippen LogP contribution < -0.4 is 10.7 Å². The highest BCUT2D eigenvalue weighted by molar-refractivity contribution is 6.17. The first kappa shape index (κ1) is 43.1. The summed E-state index contributed by atoms with van der Waals surface area (Å²) in [5.41, 5.74) is 24.8. The zero-order chi connectivity index (χ0) is 46.9. The maximum absolute atomic E-state index is 12.9. The molecule has 0 unspecified atom stereocenters. The highest BCUT2D eigenvalue weighted by atomic mass is 16.5. The molecule has 0 saturated heterocycles. The number of ether oxygens (including phenoxy) is 3. The van der Waals surface area contributed by atoms with Gasteiger partial charge in [-0.05, 0) is 200 Å². The first-order valence-corrected chi connectivity index (χ1v) is 24.9. The number of carbonyl (C=O) groups excluding carboxylic acids is 3. The highest BCUT2D eigenvalue weighted by Crippen LogP contribution is 2.47. The minimum Gasteiger partial charge on any atom is -0.465 e. The van der Waals surface area contributed by atoms with Crippen LogP contribution in [-0.2, 0) is 52.7 Å². The molecule has 3 aromatic carbocycles. The van der Waals surface area contributed by atoms with Gasteiger partial charge in [0.15, 0.2) is 0 Å². The average Bonchev–Trinajstić information content (AvgIpc) is 4.18. The molecule has 5 aliphatic carbocycles. The lowest BCUT2D eigenvalue weighted by molar-refractivity contribution is 0.0592. The second kappa shape index (κ2) is 17.4. The Hall–Kier alpha value is -7.20. The number of nitrogens with zero attached hydrogens (tertiary/aromatic N) is 1. The smallest absolute Gasteiger partial charge is 0.337 e. The Morgan fingerprint density at radius 1 is 0.391 bits per heavy atom. The maximum atomic E-state index is 12.9. The number of fused-ring (bicyclic) bond motifs is 1. The summed E-state index contributed by atoms with van der Waals surface area (Å²) in [5, 5.41) is 2.18. The van der Waals surface area contributed by atoms with E-state index in [1.54, 1.807) is 0 Å². The molecular weight excluding hydrogens is 861 g/mol. The van der Waals surface area contributed by atoms with Crippen LogP contribution in [0.1, 0.15) is 168 Å². The fraction of sp³-hybridized carbons (Fsp3) is 0.322. The van der Waals surface area contributed by atoms with Crippen LogP contribution in [0.4, 0.5) is 0 Å². The third kappa shape index (κ3) is 7.04. The maximum Gasteiger partial charge on any atom is 0.337 e. The standard InChI is InChI=1S/C59H56N4O6/c1-67-57(64)35-26-20-32(21-27-35)46-49-38-12-4-6-14-40(38)51(60-49)47(33-22-28-36(29-23-33)58(65)68-2)53-42-16-8-10-18-44(42)55(62-53)56-45-19-11-9-17-43(45)54(63-56)48(34-24-30-37(31-25-34)59(66)69-3)52-41-15-7-5-13-39(41)50(46)61-52/h20-31,60-62H,4-19H2,1-3H3. The molecule has 6 aromatic rings. The number of aromatic amines is 3. The van der Waals surface area contributed by atoms with Crippen molar-refractivity contribution < 1.29 is 28.6 Å². The van der Waals surface area contributed by atoms with E-state index in [1.165, 1.54) is 65.9 Å². The summed E-state index contributed by atoms with van der Waals surface area (Å²) in [5.74, 6) is -1.10. The predicted octanol–water partition coefficient (Wildman–Crippen LogP) is 9.61. The molecular formula is C59H56N4O6. The molecule has 10 heteroatoms. The van der Waals surface area contributed by atoms with E-state index in [9.17, 15) is 14.4 Å². The topological polar surface area (TPSA) is 139 Å². The van der Waals surface area contributed by atoms with Crippen LogP contribution in [0.3, 0.4) is 0 Å². The molecule has 12 rings (SSSR count). The van der Waals surface area contributed by atoms with E-state index in [2.05, 4.69) is 51.4 Å². The number of methoxy groups -OCH3 is 3. The van der Waals surface area contributed by atoms with Crippen LogP contribution in [0.25, 0.3) is 16.7 Å². The summed E-state index contributed by atoms with van der Waals surface area (Å²) >= 11 is 0. The van der Waals surface area contributed by atoms with Gasteiger partial charge >= 0.3 is 17.9 Å². The average molecular weight is 917 g/mol. The number of nitrogens with one attached hydrogen (secondary N) is 3. The Balaban J connectivity index is 1.27. The number of allylic oxidation sites excluding steroid dienone is 2. The van der Waals surface area contributed by atoms with Crippen molar-refractivity contribution in [1.82, 2.24) is 15.0 Å². The summed E-state index contributed by atoms with van der Waals surface area (Å²) < 4.78 is 15.5. The summed E-state index contributed by atoms with van der Waals surface area (Å²) in [6.07, 6.45) is 16.1. The van der Waals surface area contributed by atoms with Crippen molar-refractivity contribution in [3.8, 4) is 0 Å². The van der Waals surface area contributed by atoms with E-state index < -0.39 is 0 Å². The van der Waals surface area contributed by atoms with Gasteiger partial charge in [0.1, 0.15) is 0 Å². The molecule has 0 radical (unpaired) electrons. The quantitative estimate of drug-likeness (QED) is 0.112. The van der Waals surface area contributed by atoms with Crippen LogP contribution in [0.5, 0.6) is 0 Å². The number of benzene rings is 3. The monoisotopic (exact) mass is 916 g/mol. The van der Waals surface area contributed by atoms with Gasteiger partial charge in [-0.1, -0.05) is 36.4 Å². The second-order valence-electron chi connectivity index (χ2n) is 19.4. The fourth-order valence-corrected chi connectivity index (χ4v) is 12.5. The molecule has 0 amide bonds. The number of hydrogen-bond acceptors (Lipinski definition) is 7. The normalized spacial score (nSPS) is 17.2. The van der Waals surface area contributed by atoms with E-state index in [-0.39, 0.29) is 17.9 Å². The number of carbonyl (C=O) groups is 3. The van der Waals surface area contributed by atoms with Gasteiger partial charge in [0, 0.05) is 16.7 Å². The minimum absolute atomic E-state index is 0.364. The summed E-state index contributed by atoms with van der Waals surface area (Å²) in [7, 11) is 4.27. The first-order valence-electron chi connectivity index (χ1n) is 24.9. The minimum atomic E-state index is -0.374. The van der Waals surface area contributed by atoms with Crippen molar-refractivity contribution in [2.45, 2.75) is 103 Å². The van der Waals surface area contributed by atoms with E-state index in [1.807, 2.05) is 36.4 Å². The van der Waals surface area contributed by atoms with E-state index in [4.69, 9.17) is 19.2 Å². The molecule has 69 heavy (non-hydrogen) atoms.